The number of halogens is 1. The standard InChI is InChI=1S/C14H11BrN2S/c15-9-4-3-5-10(8-9)17-13-11-6-1-2-7-12(11)18-14(13)16/h1-8,17H,16H2. The van der Waals surface area contributed by atoms with Crippen LogP contribution in [-0.4, -0.2) is 0 Å². The van der Waals surface area contributed by atoms with Gasteiger partial charge >= 0.3 is 0 Å². The summed E-state index contributed by atoms with van der Waals surface area (Å²) >= 11 is 5.07. The zero-order valence-corrected chi connectivity index (χ0v) is 11.9. The van der Waals surface area contributed by atoms with Crippen LogP contribution in [0, 0.1) is 0 Å². The Hall–Kier alpha value is -1.52. The molecule has 3 rings (SSSR count). The van der Waals surface area contributed by atoms with E-state index in [1.807, 2.05) is 36.4 Å². The largest absolute Gasteiger partial charge is 0.389 e. The lowest BCUT2D eigenvalue weighted by atomic mass is 10.2. The Morgan fingerprint density at radius 2 is 1.89 bits per heavy atom. The smallest absolute Gasteiger partial charge is 0.111 e. The van der Waals surface area contributed by atoms with E-state index in [2.05, 4.69) is 33.4 Å². The van der Waals surface area contributed by atoms with Gasteiger partial charge in [-0.05, 0) is 24.3 Å². The van der Waals surface area contributed by atoms with Crippen LogP contribution in [0.1, 0.15) is 0 Å². The Kier molecular flexibility index (Phi) is 2.97. The van der Waals surface area contributed by atoms with Crippen molar-refractivity contribution in [1.82, 2.24) is 0 Å². The lowest BCUT2D eigenvalue weighted by Gasteiger charge is -2.06. The molecule has 0 amide bonds. The van der Waals surface area contributed by atoms with E-state index in [1.54, 1.807) is 11.3 Å². The van der Waals surface area contributed by atoms with Crippen LogP contribution in [0.25, 0.3) is 10.1 Å². The molecule has 0 aliphatic heterocycles. The van der Waals surface area contributed by atoms with Crippen LogP contribution in [0.4, 0.5) is 16.4 Å². The van der Waals surface area contributed by atoms with Crippen LogP contribution in [-0.2, 0) is 0 Å². The number of nitrogens with two attached hydrogens (primary N) is 1. The van der Waals surface area contributed by atoms with E-state index in [-0.39, 0.29) is 0 Å². The maximum absolute atomic E-state index is 6.08. The lowest BCUT2D eigenvalue weighted by Crippen LogP contribution is -1.92. The third-order valence-electron chi connectivity index (χ3n) is 2.72. The third kappa shape index (κ3) is 2.09. The summed E-state index contributed by atoms with van der Waals surface area (Å²) in [7, 11) is 0. The van der Waals surface area contributed by atoms with Crippen LogP contribution < -0.4 is 11.1 Å². The van der Waals surface area contributed by atoms with Gasteiger partial charge in [0.2, 0.25) is 0 Å². The molecule has 4 heteroatoms. The van der Waals surface area contributed by atoms with Crippen molar-refractivity contribution in [2.24, 2.45) is 0 Å². The van der Waals surface area contributed by atoms with Crippen molar-refractivity contribution in [2.75, 3.05) is 11.1 Å². The molecule has 3 aromatic rings. The second-order valence-corrected chi connectivity index (χ2v) is 5.97. The first-order valence-corrected chi connectivity index (χ1v) is 7.14. The minimum Gasteiger partial charge on any atom is -0.389 e. The monoisotopic (exact) mass is 318 g/mol. The van der Waals surface area contributed by atoms with Gasteiger partial charge in [0.1, 0.15) is 5.00 Å². The summed E-state index contributed by atoms with van der Waals surface area (Å²) in [6.07, 6.45) is 0. The molecule has 2 aromatic carbocycles. The molecule has 0 saturated heterocycles. The fourth-order valence-electron chi connectivity index (χ4n) is 1.90. The zero-order chi connectivity index (χ0) is 12.5. The van der Waals surface area contributed by atoms with Gasteiger partial charge in [-0.1, -0.05) is 40.2 Å². The SMILES string of the molecule is Nc1sc2ccccc2c1Nc1cccc(Br)c1. The normalized spacial score (nSPS) is 10.7. The second-order valence-electron chi connectivity index (χ2n) is 3.97. The van der Waals surface area contributed by atoms with Crippen molar-refractivity contribution in [1.29, 1.82) is 0 Å². The van der Waals surface area contributed by atoms with E-state index in [1.165, 1.54) is 10.1 Å². The van der Waals surface area contributed by atoms with Gasteiger partial charge in [0, 0.05) is 20.2 Å². The molecular formula is C14H11BrN2S. The summed E-state index contributed by atoms with van der Waals surface area (Å²) in [5.41, 5.74) is 8.11. The zero-order valence-electron chi connectivity index (χ0n) is 9.48. The highest BCUT2D eigenvalue weighted by atomic mass is 79.9. The number of fused-ring (bicyclic) bond motifs is 1. The first kappa shape index (κ1) is 11.6. The van der Waals surface area contributed by atoms with Crippen LogP contribution in [0.15, 0.2) is 53.0 Å². The molecular weight excluding hydrogens is 308 g/mol. The average Bonchev–Trinajstić information content (AvgIpc) is 2.66. The lowest BCUT2D eigenvalue weighted by molar-refractivity contribution is 1.57. The fourth-order valence-corrected chi connectivity index (χ4v) is 3.23. The number of nitrogens with one attached hydrogen (secondary N) is 1. The maximum Gasteiger partial charge on any atom is 0.111 e. The number of rotatable bonds is 2. The van der Waals surface area contributed by atoms with E-state index in [9.17, 15) is 0 Å². The van der Waals surface area contributed by atoms with Gasteiger partial charge in [0.15, 0.2) is 0 Å². The summed E-state index contributed by atoms with van der Waals surface area (Å²) in [4.78, 5) is 0. The van der Waals surface area contributed by atoms with E-state index in [4.69, 9.17) is 5.73 Å². The Bertz CT molecular complexity index is 706. The number of hydrogen-bond donors (Lipinski definition) is 2. The second kappa shape index (κ2) is 4.63. The van der Waals surface area contributed by atoms with Crippen LogP contribution in [0.3, 0.4) is 0 Å². The highest BCUT2D eigenvalue weighted by Gasteiger charge is 2.09. The molecule has 0 fully saturated rings. The predicted molar refractivity (Wildman–Crippen MR) is 83.7 cm³/mol. The minimum atomic E-state index is 0.816. The van der Waals surface area contributed by atoms with E-state index < -0.39 is 0 Å². The third-order valence-corrected chi connectivity index (χ3v) is 4.21. The molecule has 0 atom stereocenters. The molecule has 0 saturated carbocycles. The minimum absolute atomic E-state index is 0.816. The molecule has 0 radical (unpaired) electrons. The predicted octanol–water partition coefficient (Wildman–Crippen LogP) is 4.99. The first-order chi connectivity index (χ1) is 8.74. The molecule has 0 aliphatic carbocycles. The number of benzene rings is 2. The summed E-state index contributed by atoms with van der Waals surface area (Å²) in [5, 5.41) is 5.37. The van der Waals surface area contributed by atoms with E-state index in [0.29, 0.717) is 0 Å². The van der Waals surface area contributed by atoms with Crippen molar-refractivity contribution >= 4 is 53.7 Å². The van der Waals surface area contributed by atoms with Crippen LogP contribution in [0.2, 0.25) is 0 Å². The molecule has 18 heavy (non-hydrogen) atoms. The maximum atomic E-state index is 6.08. The van der Waals surface area contributed by atoms with Gasteiger partial charge in [-0.2, -0.15) is 0 Å². The van der Waals surface area contributed by atoms with Crippen molar-refractivity contribution in [3.63, 3.8) is 0 Å². The van der Waals surface area contributed by atoms with Crippen molar-refractivity contribution in [2.45, 2.75) is 0 Å². The van der Waals surface area contributed by atoms with Gasteiger partial charge in [0.05, 0.1) is 5.69 Å². The quantitative estimate of drug-likeness (QED) is 0.698. The molecule has 3 N–H and O–H groups in total. The molecule has 90 valence electrons. The topological polar surface area (TPSA) is 38.0 Å². The Labute approximate surface area is 118 Å². The van der Waals surface area contributed by atoms with Gasteiger partial charge < -0.3 is 11.1 Å². The van der Waals surface area contributed by atoms with Gasteiger partial charge in [-0.3, -0.25) is 0 Å². The molecule has 0 bridgehead atoms. The van der Waals surface area contributed by atoms with Gasteiger partial charge in [0.25, 0.3) is 0 Å². The van der Waals surface area contributed by atoms with Crippen LogP contribution >= 0.6 is 27.3 Å². The summed E-state index contributed by atoms with van der Waals surface area (Å²) in [6.45, 7) is 0. The van der Waals surface area contributed by atoms with Crippen molar-refractivity contribution < 1.29 is 0 Å². The number of thiophene rings is 1. The highest BCUT2D eigenvalue weighted by molar-refractivity contribution is 9.10. The average molecular weight is 319 g/mol. The fraction of sp³-hybridized carbons (Fsp3) is 0. The summed E-state index contributed by atoms with van der Waals surface area (Å²) in [6, 6.07) is 16.3. The van der Waals surface area contributed by atoms with Gasteiger partial charge in [-0.15, -0.1) is 11.3 Å². The molecule has 0 aliphatic rings. The molecule has 0 unspecified atom stereocenters. The molecule has 1 heterocycles. The first-order valence-electron chi connectivity index (χ1n) is 5.53. The Morgan fingerprint density at radius 1 is 1.06 bits per heavy atom. The summed E-state index contributed by atoms with van der Waals surface area (Å²) < 4.78 is 2.25. The molecule has 0 spiro atoms. The van der Waals surface area contributed by atoms with Crippen molar-refractivity contribution in [3.8, 4) is 0 Å². The number of anilines is 3. The van der Waals surface area contributed by atoms with E-state index >= 15 is 0 Å². The Balaban J connectivity index is 2.07. The number of hydrogen-bond acceptors (Lipinski definition) is 3. The highest BCUT2D eigenvalue weighted by Crippen LogP contribution is 2.39. The van der Waals surface area contributed by atoms with Crippen molar-refractivity contribution in [3.05, 3.63) is 53.0 Å². The van der Waals surface area contributed by atoms with Crippen LogP contribution in [0.5, 0.6) is 0 Å². The molecule has 1 aromatic heterocycles. The summed E-state index contributed by atoms with van der Waals surface area (Å²) in [5.74, 6) is 0. The Morgan fingerprint density at radius 3 is 2.72 bits per heavy atom. The van der Waals surface area contributed by atoms with Gasteiger partial charge in [-0.25, -0.2) is 0 Å². The molecule has 2 nitrogen and oxygen atoms in total. The van der Waals surface area contributed by atoms with E-state index in [0.717, 1.165) is 20.8 Å². The number of nitrogen functional groups attached to an aromatic ring is 1.